The van der Waals surface area contributed by atoms with Crippen LogP contribution >= 0.6 is 0 Å². The largest absolute Gasteiger partial charge is 0.481 e. The van der Waals surface area contributed by atoms with Gasteiger partial charge in [0, 0.05) is 0 Å². The fourth-order valence-corrected chi connectivity index (χ4v) is 4.39. The maximum atomic E-state index is 11.2. The lowest BCUT2D eigenvalue weighted by molar-refractivity contribution is -0.143. The molecule has 2 atom stereocenters. The van der Waals surface area contributed by atoms with E-state index in [4.69, 9.17) is 5.11 Å². The Kier molecular flexibility index (Phi) is 23.6. The lowest BCUT2D eigenvalue weighted by Gasteiger charge is -2.15. The molecule has 0 aliphatic rings. The van der Waals surface area contributed by atoms with Gasteiger partial charge in [0.05, 0.1) is 18.6 Å². The normalized spacial score (nSPS) is 13.4. The Morgan fingerprint density at radius 1 is 0.613 bits per heavy atom. The molecule has 4 heteroatoms. The molecule has 3 N–H and O–H groups in total. The number of aliphatic carboxylic acids is 1. The summed E-state index contributed by atoms with van der Waals surface area (Å²) in [5.74, 6) is -1.39. The Morgan fingerprint density at radius 2 is 0.935 bits per heavy atom. The van der Waals surface area contributed by atoms with Crippen LogP contribution < -0.4 is 0 Å². The van der Waals surface area contributed by atoms with Gasteiger partial charge in [-0.25, -0.2) is 0 Å². The van der Waals surface area contributed by atoms with Gasteiger partial charge in [-0.1, -0.05) is 135 Å². The van der Waals surface area contributed by atoms with Crippen molar-refractivity contribution in [1.29, 1.82) is 0 Å². The van der Waals surface area contributed by atoms with E-state index < -0.39 is 18.0 Å². The average molecular weight is 443 g/mol. The molecule has 0 radical (unpaired) electrons. The second kappa shape index (κ2) is 24.0. The summed E-state index contributed by atoms with van der Waals surface area (Å²) >= 11 is 0. The minimum absolute atomic E-state index is 0.158. The molecule has 0 heterocycles. The van der Waals surface area contributed by atoms with Gasteiger partial charge in [-0.15, -0.1) is 0 Å². The fraction of sp³-hybridized carbons (Fsp3) is 0.963. The molecule has 0 saturated carbocycles. The Hall–Kier alpha value is -0.610. The highest BCUT2D eigenvalue weighted by Gasteiger charge is 2.20. The molecule has 4 nitrogen and oxygen atoms in total. The first-order chi connectivity index (χ1) is 15.1. The van der Waals surface area contributed by atoms with Gasteiger partial charge in [-0.05, 0) is 12.8 Å². The predicted molar refractivity (Wildman–Crippen MR) is 131 cm³/mol. The second-order valence-corrected chi connectivity index (χ2v) is 9.61. The summed E-state index contributed by atoms with van der Waals surface area (Å²) in [6.07, 6.45) is 26.6. The number of aliphatic hydroxyl groups excluding tert-OH is 2. The zero-order valence-corrected chi connectivity index (χ0v) is 20.7. The molecule has 0 saturated heterocycles. The topological polar surface area (TPSA) is 77.8 Å². The number of carbonyl (C=O) groups is 1. The van der Waals surface area contributed by atoms with E-state index in [9.17, 15) is 15.0 Å². The lowest BCUT2D eigenvalue weighted by Crippen LogP contribution is -2.23. The number of unbranched alkanes of at least 4 members (excludes halogenated alkanes) is 19. The molecule has 0 aliphatic carbocycles. The van der Waals surface area contributed by atoms with Crippen molar-refractivity contribution in [3.63, 3.8) is 0 Å². The average Bonchev–Trinajstić information content (AvgIpc) is 2.76. The molecule has 2 unspecified atom stereocenters. The number of carboxylic acids is 1. The highest BCUT2D eigenvalue weighted by atomic mass is 16.4. The van der Waals surface area contributed by atoms with Gasteiger partial charge in [0.15, 0.2) is 0 Å². The van der Waals surface area contributed by atoms with Crippen molar-refractivity contribution in [2.24, 2.45) is 5.92 Å². The third kappa shape index (κ3) is 22.4. The molecule has 0 aromatic carbocycles. The third-order valence-electron chi connectivity index (χ3n) is 6.52. The van der Waals surface area contributed by atoms with Crippen LogP contribution in [0.3, 0.4) is 0 Å². The van der Waals surface area contributed by atoms with Crippen molar-refractivity contribution >= 4 is 5.97 Å². The number of hydrogen-bond acceptors (Lipinski definition) is 3. The molecule has 0 fully saturated rings. The summed E-state index contributed by atoms with van der Waals surface area (Å²) in [6, 6.07) is 0. The number of rotatable bonds is 25. The highest BCUT2D eigenvalue weighted by molar-refractivity contribution is 5.69. The smallest absolute Gasteiger partial charge is 0.306 e. The van der Waals surface area contributed by atoms with Gasteiger partial charge in [0.1, 0.15) is 0 Å². The highest BCUT2D eigenvalue weighted by Crippen LogP contribution is 2.18. The summed E-state index contributed by atoms with van der Waals surface area (Å²) in [4.78, 5) is 11.2. The minimum Gasteiger partial charge on any atom is -0.481 e. The van der Waals surface area contributed by atoms with Crippen LogP contribution in [-0.4, -0.2) is 34.0 Å². The summed E-state index contributed by atoms with van der Waals surface area (Å²) < 4.78 is 0. The van der Waals surface area contributed by atoms with Crippen LogP contribution in [0.1, 0.15) is 148 Å². The van der Waals surface area contributed by atoms with Crippen LogP contribution in [0.25, 0.3) is 0 Å². The lowest BCUT2D eigenvalue weighted by atomic mass is 9.94. The first-order valence-electron chi connectivity index (χ1n) is 13.6. The van der Waals surface area contributed by atoms with E-state index in [0.717, 1.165) is 12.8 Å². The van der Waals surface area contributed by atoms with E-state index in [0.29, 0.717) is 6.42 Å². The van der Waals surface area contributed by atoms with E-state index in [2.05, 4.69) is 6.92 Å². The van der Waals surface area contributed by atoms with Crippen LogP contribution in [-0.2, 0) is 4.79 Å². The molecular weight excluding hydrogens is 388 g/mol. The minimum atomic E-state index is -0.911. The predicted octanol–water partition coefficient (Wildman–Crippen LogP) is 7.64. The van der Waals surface area contributed by atoms with Gasteiger partial charge in [0.2, 0.25) is 0 Å². The maximum Gasteiger partial charge on any atom is 0.306 e. The van der Waals surface area contributed by atoms with E-state index >= 15 is 0 Å². The molecule has 0 spiro atoms. The molecule has 0 aliphatic heterocycles. The maximum absolute atomic E-state index is 11.2. The Labute approximate surface area is 193 Å². The van der Waals surface area contributed by atoms with Crippen molar-refractivity contribution in [2.45, 2.75) is 154 Å². The molecule has 0 rings (SSSR count). The van der Waals surface area contributed by atoms with E-state index in [1.54, 1.807) is 0 Å². The van der Waals surface area contributed by atoms with Crippen LogP contribution in [0.5, 0.6) is 0 Å². The summed E-state index contributed by atoms with van der Waals surface area (Å²) in [6.45, 7) is 1.92. The first kappa shape index (κ1) is 30.4. The first-order valence-corrected chi connectivity index (χ1v) is 13.6. The number of hydrogen-bond donors (Lipinski definition) is 3. The van der Waals surface area contributed by atoms with Crippen LogP contribution in [0.2, 0.25) is 0 Å². The van der Waals surface area contributed by atoms with Crippen molar-refractivity contribution in [3.8, 4) is 0 Å². The fourth-order valence-electron chi connectivity index (χ4n) is 4.39. The summed E-state index contributed by atoms with van der Waals surface area (Å²) in [5.41, 5.74) is 0. The SMILES string of the molecule is CCCCCCCCCCCCCCCCCCCCCCC(CC(O)CO)C(=O)O. The summed E-state index contributed by atoms with van der Waals surface area (Å²) in [5, 5.41) is 27.5. The molecule has 0 aromatic rings. The van der Waals surface area contributed by atoms with Gasteiger partial charge in [-0.3, -0.25) is 4.79 Å². The zero-order chi connectivity index (χ0) is 23.0. The molecular formula is C27H54O4. The zero-order valence-electron chi connectivity index (χ0n) is 20.7. The van der Waals surface area contributed by atoms with Gasteiger partial charge in [0.25, 0.3) is 0 Å². The van der Waals surface area contributed by atoms with Crippen molar-refractivity contribution in [1.82, 2.24) is 0 Å². The van der Waals surface area contributed by atoms with E-state index in [-0.39, 0.29) is 13.0 Å². The Morgan fingerprint density at radius 3 is 1.23 bits per heavy atom. The third-order valence-corrected chi connectivity index (χ3v) is 6.52. The van der Waals surface area contributed by atoms with Gasteiger partial charge >= 0.3 is 5.97 Å². The number of aliphatic hydroxyl groups is 2. The molecule has 31 heavy (non-hydrogen) atoms. The Balaban J connectivity index is 3.25. The van der Waals surface area contributed by atoms with Crippen LogP contribution in [0.15, 0.2) is 0 Å². The van der Waals surface area contributed by atoms with Crippen molar-refractivity contribution < 1.29 is 20.1 Å². The van der Waals surface area contributed by atoms with Gasteiger partial charge in [-0.2, -0.15) is 0 Å². The van der Waals surface area contributed by atoms with Crippen LogP contribution in [0.4, 0.5) is 0 Å². The molecule has 186 valence electrons. The monoisotopic (exact) mass is 442 g/mol. The number of carboxylic acid groups (broad SMARTS) is 1. The van der Waals surface area contributed by atoms with E-state index in [1.165, 1.54) is 116 Å². The Bertz CT molecular complexity index is 372. The van der Waals surface area contributed by atoms with Crippen molar-refractivity contribution in [3.05, 3.63) is 0 Å². The summed E-state index contributed by atoms with van der Waals surface area (Å²) in [7, 11) is 0. The van der Waals surface area contributed by atoms with Gasteiger partial charge < -0.3 is 15.3 Å². The van der Waals surface area contributed by atoms with Crippen LogP contribution in [0, 0.1) is 5.92 Å². The second-order valence-electron chi connectivity index (χ2n) is 9.61. The standard InChI is InChI=1S/C27H54O4/c1-2-3-4-5-6-7-8-9-10-11-12-13-14-15-16-17-18-19-20-21-22-25(27(30)31)23-26(29)24-28/h25-26,28-29H,2-24H2,1H3,(H,30,31). The molecule has 0 bridgehead atoms. The quantitative estimate of drug-likeness (QED) is 0.127. The molecule has 0 amide bonds. The molecule has 0 aromatic heterocycles. The van der Waals surface area contributed by atoms with E-state index in [1.807, 2.05) is 0 Å². The van der Waals surface area contributed by atoms with Crippen molar-refractivity contribution in [2.75, 3.05) is 6.61 Å².